The molecule has 0 spiro atoms. The Labute approximate surface area is 249 Å². The smallest absolute Gasteiger partial charge is 0.264 e. The molecule has 1 N–H and O–H groups in total. The fourth-order valence-corrected chi connectivity index (χ4v) is 6.06. The summed E-state index contributed by atoms with van der Waals surface area (Å²) in [6.07, 6.45) is 1.14. The summed E-state index contributed by atoms with van der Waals surface area (Å²) in [5.74, 6) is 0.0136. The van der Waals surface area contributed by atoms with E-state index in [9.17, 15) is 18.0 Å². The Hall–Kier alpha value is -3.66. The maximum atomic E-state index is 13.7. The Kier molecular flexibility index (Phi) is 10.2. The molecule has 214 valence electrons. The lowest BCUT2D eigenvalue weighted by Crippen LogP contribution is -2.32. The summed E-state index contributed by atoms with van der Waals surface area (Å²) < 4.78 is 33.0. The maximum Gasteiger partial charge on any atom is 0.264 e. The number of benzene rings is 3. The van der Waals surface area contributed by atoms with E-state index in [1.54, 1.807) is 30.0 Å². The first-order valence-electron chi connectivity index (χ1n) is 13.2. The summed E-state index contributed by atoms with van der Waals surface area (Å²) in [4.78, 5) is 27.0. The molecule has 0 radical (unpaired) electrons. The normalized spacial score (nSPS) is 11.2. The Morgan fingerprint density at radius 1 is 0.976 bits per heavy atom. The number of nitrogens with one attached hydrogen (secondary N) is 1. The number of nitrogens with zero attached hydrogens (tertiary/aromatic N) is 1. The molecule has 1 heterocycles. The number of sulfonamides is 1. The van der Waals surface area contributed by atoms with Gasteiger partial charge in [-0.15, -0.1) is 0 Å². The van der Waals surface area contributed by atoms with Crippen molar-refractivity contribution in [2.75, 3.05) is 11.5 Å². The highest BCUT2D eigenvalue weighted by Gasteiger charge is 2.21. The molecule has 4 aromatic rings. The largest absolute Gasteiger partial charge is 0.493 e. The molecule has 41 heavy (non-hydrogen) atoms. The summed E-state index contributed by atoms with van der Waals surface area (Å²) in [5.41, 5.74) is 3.95. The van der Waals surface area contributed by atoms with E-state index in [2.05, 4.69) is 4.72 Å². The molecular formula is C31H31ClN2O5S2. The second-order valence-electron chi connectivity index (χ2n) is 9.35. The van der Waals surface area contributed by atoms with Gasteiger partial charge in [-0.1, -0.05) is 49.7 Å². The third-order valence-corrected chi connectivity index (χ3v) is 8.63. The molecule has 0 atom stereocenters. The number of hydrogen-bond acceptors (Lipinski definition) is 6. The van der Waals surface area contributed by atoms with Gasteiger partial charge in [0, 0.05) is 22.7 Å². The minimum atomic E-state index is -3.95. The van der Waals surface area contributed by atoms with Crippen LogP contribution < -0.4 is 14.4 Å². The highest BCUT2D eigenvalue weighted by Crippen LogP contribution is 2.30. The molecule has 7 nitrogen and oxygen atoms in total. The molecule has 3 aromatic carbocycles. The first-order chi connectivity index (χ1) is 19.7. The SMILES string of the molecule is CCCOc1ccc(Cl)cc1CN(C(=O)Cc1ccsc1)c1cccc(-c2ccc(S(=O)(=O)NC(=O)CC)cc2)c1. The van der Waals surface area contributed by atoms with Crippen LogP contribution in [0.2, 0.25) is 5.02 Å². The van der Waals surface area contributed by atoms with E-state index in [0.29, 0.717) is 23.1 Å². The highest BCUT2D eigenvalue weighted by molar-refractivity contribution is 7.90. The molecule has 2 amide bonds. The Morgan fingerprint density at radius 3 is 2.44 bits per heavy atom. The quantitative estimate of drug-likeness (QED) is 0.189. The van der Waals surface area contributed by atoms with Crippen molar-refractivity contribution < 1.29 is 22.7 Å². The topological polar surface area (TPSA) is 92.8 Å². The minimum absolute atomic E-state index is 0.00710. The molecule has 0 aliphatic rings. The van der Waals surface area contributed by atoms with E-state index < -0.39 is 15.9 Å². The summed E-state index contributed by atoms with van der Waals surface area (Å²) in [5, 5.41) is 4.45. The third-order valence-electron chi connectivity index (χ3n) is 6.27. The molecule has 4 rings (SSSR count). The zero-order valence-electron chi connectivity index (χ0n) is 22.8. The second-order valence-corrected chi connectivity index (χ2v) is 12.2. The Morgan fingerprint density at radius 2 is 1.76 bits per heavy atom. The number of thiophene rings is 1. The molecule has 0 saturated carbocycles. The molecule has 1 aromatic heterocycles. The number of halogens is 1. The lowest BCUT2D eigenvalue weighted by atomic mass is 10.0. The van der Waals surface area contributed by atoms with Crippen LogP contribution in [-0.2, 0) is 32.6 Å². The number of rotatable bonds is 12. The first-order valence-corrected chi connectivity index (χ1v) is 16.0. The number of carbonyl (C=O) groups excluding carboxylic acids is 2. The lowest BCUT2D eigenvalue weighted by Gasteiger charge is -2.25. The van der Waals surface area contributed by atoms with Crippen molar-refractivity contribution >= 4 is 50.5 Å². The van der Waals surface area contributed by atoms with Crippen molar-refractivity contribution in [3.63, 3.8) is 0 Å². The van der Waals surface area contributed by atoms with Gasteiger partial charge in [-0.2, -0.15) is 11.3 Å². The summed E-state index contributed by atoms with van der Waals surface area (Å²) in [7, 11) is -3.95. The molecule has 0 saturated heterocycles. The molecule has 0 aliphatic carbocycles. The van der Waals surface area contributed by atoms with Crippen molar-refractivity contribution in [1.29, 1.82) is 0 Å². The van der Waals surface area contributed by atoms with E-state index >= 15 is 0 Å². The maximum absolute atomic E-state index is 13.7. The van der Waals surface area contributed by atoms with Crippen LogP contribution in [0.15, 0.2) is 88.5 Å². The Bertz CT molecular complexity index is 1600. The lowest BCUT2D eigenvalue weighted by molar-refractivity contribution is -0.119. The van der Waals surface area contributed by atoms with Gasteiger partial charge in [0.05, 0.1) is 24.5 Å². The van der Waals surface area contributed by atoms with Gasteiger partial charge < -0.3 is 9.64 Å². The average Bonchev–Trinajstić information content (AvgIpc) is 3.48. The van der Waals surface area contributed by atoms with Gasteiger partial charge in [0.25, 0.3) is 10.0 Å². The third kappa shape index (κ3) is 7.97. The molecule has 0 unspecified atom stereocenters. The average molecular weight is 611 g/mol. The minimum Gasteiger partial charge on any atom is -0.493 e. The van der Waals surface area contributed by atoms with Gasteiger partial charge in [-0.3, -0.25) is 9.59 Å². The zero-order chi connectivity index (χ0) is 29.4. The number of carbonyl (C=O) groups is 2. The van der Waals surface area contributed by atoms with Gasteiger partial charge >= 0.3 is 0 Å². The van der Waals surface area contributed by atoms with Crippen LogP contribution in [0, 0.1) is 0 Å². The van der Waals surface area contributed by atoms with Crippen LogP contribution in [0.5, 0.6) is 5.75 Å². The molecule has 0 fully saturated rings. The van der Waals surface area contributed by atoms with E-state index in [1.165, 1.54) is 23.5 Å². The number of amides is 2. The van der Waals surface area contributed by atoms with Gasteiger partial charge in [-0.25, -0.2) is 13.1 Å². The fourth-order valence-electron chi connectivity index (χ4n) is 4.14. The molecular weight excluding hydrogens is 580 g/mol. The van der Waals surface area contributed by atoms with E-state index in [1.807, 2.05) is 60.1 Å². The van der Waals surface area contributed by atoms with Crippen LogP contribution in [0.4, 0.5) is 5.69 Å². The molecule has 10 heteroatoms. The summed E-state index contributed by atoms with van der Waals surface area (Å²) in [6.45, 7) is 4.41. The van der Waals surface area contributed by atoms with Crippen LogP contribution in [0.1, 0.15) is 37.8 Å². The number of anilines is 1. The van der Waals surface area contributed by atoms with Crippen LogP contribution in [0.3, 0.4) is 0 Å². The van der Waals surface area contributed by atoms with Crippen molar-refractivity contribution in [3.8, 4) is 16.9 Å². The zero-order valence-corrected chi connectivity index (χ0v) is 25.2. The van der Waals surface area contributed by atoms with Crippen LogP contribution in [-0.4, -0.2) is 26.8 Å². The summed E-state index contributed by atoms with van der Waals surface area (Å²) >= 11 is 7.88. The highest BCUT2D eigenvalue weighted by atomic mass is 35.5. The van der Waals surface area contributed by atoms with Crippen LogP contribution >= 0.6 is 22.9 Å². The second kappa shape index (κ2) is 13.8. The Balaban J connectivity index is 1.67. The molecule has 0 bridgehead atoms. The molecule has 0 aliphatic heterocycles. The van der Waals surface area contributed by atoms with Gasteiger partial charge in [0.15, 0.2) is 0 Å². The number of ether oxygens (including phenoxy) is 1. The van der Waals surface area contributed by atoms with Crippen molar-refractivity contribution in [1.82, 2.24) is 4.72 Å². The van der Waals surface area contributed by atoms with E-state index in [0.717, 1.165) is 28.7 Å². The van der Waals surface area contributed by atoms with Gasteiger partial charge in [0.2, 0.25) is 11.8 Å². The predicted molar refractivity (Wildman–Crippen MR) is 164 cm³/mol. The fraction of sp³-hybridized carbons (Fsp3) is 0.226. The van der Waals surface area contributed by atoms with Crippen molar-refractivity contribution in [3.05, 3.63) is 99.7 Å². The van der Waals surface area contributed by atoms with Crippen molar-refractivity contribution in [2.45, 2.75) is 44.6 Å². The van der Waals surface area contributed by atoms with Gasteiger partial charge in [-0.05, 0) is 82.4 Å². The number of hydrogen-bond donors (Lipinski definition) is 1. The van der Waals surface area contributed by atoms with Gasteiger partial charge in [0.1, 0.15) is 5.75 Å². The monoisotopic (exact) mass is 610 g/mol. The first kappa shape index (κ1) is 30.3. The standard InChI is InChI=1S/C31H31ClN2O5S2/c1-3-15-39-29-13-10-26(32)18-25(29)20-34(31(36)17-22-14-16-40-21-22)27-7-5-6-24(19-27)23-8-11-28(12-9-23)41(37,38)33-30(35)4-2/h5-14,16,18-19,21H,3-4,15,17,20H2,1-2H3,(H,33,35). The van der Waals surface area contributed by atoms with E-state index in [-0.39, 0.29) is 30.2 Å². The van der Waals surface area contributed by atoms with Crippen molar-refractivity contribution in [2.24, 2.45) is 0 Å². The summed E-state index contributed by atoms with van der Waals surface area (Å²) in [6, 6.07) is 21.1. The van der Waals surface area contributed by atoms with Crippen LogP contribution in [0.25, 0.3) is 11.1 Å². The predicted octanol–water partition coefficient (Wildman–Crippen LogP) is 6.85. The van der Waals surface area contributed by atoms with E-state index in [4.69, 9.17) is 16.3 Å².